The predicted molar refractivity (Wildman–Crippen MR) is 85.9 cm³/mol. The largest absolute Gasteiger partial charge is 0.362 e. The number of para-hydroxylation sites is 1. The van der Waals surface area contributed by atoms with Crippen LogP contribution in [0.2, 0.25) is 0 Å². The molecule has 0 aliphatic heterocycles. The van der Waals surface area contributed by atoms with Gasteiger partial charge in [-0.1, -0.05) is 48.5 Å². The van der Waals surface area contributed by atoms with E-state index in [1.165, 1.54) is 0 Å². The van der Waals surface area contributed by atoms with Gasteiger partial charge in [0.05, 0.1) is 11.1 Å². The van der Waals surface area contributed by atoms with E-state index >= 15 is 0 Å². The van der Waals surface area contributed by atoms with Crippen LogP contribution < -0.4 is 4.90 Å². The van der Waals surface area contributed by atoms with Gasteiger partial charge < -0.3 is 4.90 Å². The van der Waals surface area contributed by atoms with Crippen molar-refractivity contribution < 1.29 is 4.79 Å². The van der Waals surface area contributed by atoms with Gasteiger partial charge in [-0.05, 0) is 12.1 Å². The lowest BCUT2D eigenvalue weighted by Gasteiger charge is -2.16. The fraction of sp³-hybridized carbons (Fsp3) is 0.111. The highest BCUT2D eigenvalue weighted by Crippen LogP contribution is 2.24. The molecule has 104 valence electrons. The van der Waals surface area contributed by atoms with Gasteiger partial charge in [0, 0.05) is 25.0 Å². The molecule has 0 bridgehead atoms. The van der Waals surface area contributed by atoms with Gasteiger partial charge in [0.15, 0.2) is 5.78 Å². The molecule has 1 aromatic heterocycles. The Labute approximate surface area is 123 Å². The summed E-state index contributed by atoms with van der Waals surface area (Å²) in [6.07, 6.45) is 0. The monoisotopic (exact) mass is 276 g/mol. The summed E-state index contributed by atoms with van der Waals surface area (Å²) in [6.45, 7) is 0. The average molecular weight is 276 g/mol. The second-order valence-electron chi connectivity index (χ2n) is 5.14. The minimum Gasteiger partial charge on any atom is -0.362 e. The second kappa shape index (κ2) is 5.37. The number of fused-ring (bicyclic) bond motifs is 1. The summed E-state index contributed by atoms with van der Waals surface area (Å²) >= 11 is 0. The molecular formula is C18H16N2O. The summed E-state index contributed by atoms with van der Waals surface area (Å²) in [4.78, 5) is 19.3. The molecule has 0 atom stereocenters. The number of carbonyl (C=O) groups is 1. The van der Waals surface area contributed by atoms with Crippen LogP contribution in [0.3, 0.4) is 0 Å². The van der Waals surface area contributed by atoms with Crippen molar-refractivity contribution in [2.45, 2.75) is 0 Å². The van der Waals surface area contributed by atoms with Crippen molar-refractivity contribution in [2.75, 3.05) is 19.0 Å². The SMILES string of the molecule is CN(C)c1nc2ccccc2cc1C(=O)c1ccccc1. The molecule has 3 aromatic rings. The molecule has 0 spiro atoms. The van der Waals surface area contributed by atoms with Gasteiger partial charge >= 0.3 is 0 Å². The first-order chi connectivity index (χ1) is 10.2. The first-order valence-electron chi connectivity index (χ1n) is 6.83. The maximum absolute atomic E-state index is 12.7. The Kier molecular flexibility index (Phi) is 3.40. The minimum atomic E-state index is -0.00227. The van der Waals surface area contributed by atoms with E-state index in [1.54, 1.807) is 0 Å². The number of nitrogens with zero attached hydrogens (tertiary/aromatic N) is 2. The summed E-state index contributed by atoms with van der Waals surface area (Å²) in [7, 11) is 3.80. The van der Waals surface area contributed by atoms with Crippen LogP contribution in [0.4, 0.5) is 5.82 Å². The summed E-state index contributed by atoms with van der Waals surface area (Å²) in [5, 5.41) is 0.974. The fourth-order valence-corrected chi connectivity index (χ4v) is 2.36. The Morgan fingerprint density at radius 3 is 2.33 bits per heavy atom. The van der Waals surface area contributed by atoms with E-state index < -0.39 is 0 Å². The molecule has 21 heavy (non-hydrogen) atoms. The molecule has 0 N–H and O–H groups in total. The van der Waals surface area contributed by atoms with Crippen molar-refractivity contribution in [1.29, 1.82) is 0 Å². The van der Waals surface area contributed by atoms with Gasteiger partial charge in [-0.15, -0.1) is 0 Å². The Bertz CT molecular complexity index is 795. The van der Waals surface area contributed by atoms with Crippen molar-refractivity contribution in [2.24, 2.45) is 0 Å². The molecule has 0 aliphatic rings. The molecule has 3 nitrogen and oxygen atoms in total. The summed E-state index contributed by atoms with van der Waals surface area (Å²) in [5.41, 5.74) is 2.20. The van der Waals surface area contributed by atoms with E-state index in [1.807, 2.05) is 79.7 Å². The third-order valence-corrected chi connectivity index (χ3v) is 3.41. The Balaban J connectivity index is 2.20. The molecule has 0 aliphatic carbocycles. The third kappa shape index (κ3) is 2.50. The van der Waals surface area contributed by atoms with Gasteiger partial charge in [0.2, 0.25) is 0 Å². The molecule has 0 saturated heterocycles. The lowest BCUT2D eigenvalue weighted by Crippen LogP contribution is -2.16. The van der Waals surface area contributed by atoms with Crippen LogP contribution in [0.15, 0.2) is 60.7 Å². The topological polar surface area (TPSA) is 33.2 Å². The summed E-state index contributed by atoms with van der Waals surface area (Å²) in [5.74, 6) is 0.695. The van der Waals surface area contributed by atoms with Crippen LogP contribution in [0.25, 0.3) is 10.9 Å². The number of benzene rings is 2. The van der Waals surface area contributed by atoms with Crippen LogP contribution in [0.5, 0.6) is 0 Å². The summed E-state index contributed by atoms with van der Waals surface area (Å²) in [6, 6.07) is 19.1. The quantitative estimate of drug-likeness (QED) is 0.686. The van der Waals surface area contributed by atoms with Crippen LogP contribution in [-0.2, 0) is 0 Å². The van der Waals surface area contributed by atoms with Crippen LogP contribution >= 0.6 is 0 Å². The lowest BCUT2D eigenvalue weighted by atomic mass is 10.0. The Morgan fingerprint density at radius 2 is 1.62 bits per heavy atom. The van der Waals surface area contributed by atoms with Crippen molar-refractivity contribution in [1.82, 2.24) is 4.98 Å². The highest BCUT2D eigenvalue weighted by molar-refractivity contribution is 6.13. The molecule has 0 amide bonds. The van der Waals surface area contributed by atoms with Gasteiger partial charge in [0.1, 0.15) is 5.82 Å². The van der Waals surface area contributed by atoms with Gasteiger partial charge in [0.25, 0.3) is 0 Å². The van der Waals surface area contributed by atoms with Gasteiger partial charge in [-0.2, -0.15) is 0 Å². The van der Waals surface area contributed by atoms with Crippen molar-refractivity contribution in [3.8, 4) is 0 Å². The third-order valence-electron chi connectivity index (χ3n) is 3.41. The normalized spacial score (nSPS) is 10.6. The molecular weight excluding hydrogens is 260 g/mol. The molecule has 3 heteroatoms. The van der Waals surface area contributed by atoms with E-state index in [4.69, 9.17) is 0 Å². The fourth-order valence-electron chi connectivity index (χ4n) is 2.36. The van der Waals surface area contributed by atoms with Crippen LogP contribution in [-0.4, -0.2) is 24.9 Å². The first-order valence-corrected chi connectivity index (χ1v) is 6.83. The zero-order valence-electron chi connectivity index (χ0n) is 12.1. The molecule has 0 fully saturated rings. The number of aromatic nitrogens is 1. The molecule has 1 heterocycles. The maximum atomic E-state index is 12.7. The van der Waals surface area contributed by atoms with Crippen LogP contribution in [0.1, 0.15) is 15.9 Å². The summed E-state index contributed by atoms with van der Waals surface area (Å²) < 4.78 is 0. The van der Waals surface area contributed by atoms with E-state index in [0.29, 0.717) is 16.9 Å². The zero-order valence-corrected chi connectivity index (χ0v) is 12.1. The lowest BCUT2D eigenvalue weighted by molar-refractivity contribution is 0.103. The molecule has 0 unspecified atom stereocenters. The Morgan fingerprint density at radius 1 is 0.952 bits per heavy atom. The van der Waals surface area contributed by atoms with E-state index in [9.17, 15) is 4.79 Å². The average Bonchev–Trinajstić information content (AvgIpc) is 2.53. The molecule has 2 aromatic carbocycles. The highest BCUT2D eigenvalue weighted by atomic mass is 16.1. The van der Waals surface area contributed by atoms with E-state index in [0.717, 1.165) is 10.9 Å². The number of pyridine rings is 1. The molecule has 0 radical (unpaired) electrons. The van der Waals surface area contributed by atoms with E-state index in [2.05, 4.69) is 4.98 Å². The molecule has 0 saturated carbocycles. The molecule has 3 rings (SSSR count). The predicted octanol–water partition coefficient (Wildman–Crippen LogP) is 3.53. The minimum absolute atomic E-state index is 0.00227. The van der Waals surface area contributed by atoms with Gasteiger partial charge in [-0.3, -0.25) is 4.79 Å². The van der Waals surface area contributed by atoms with Crippen molar-refractivity contribution in [3.63, 3.8) is 0 Å². The number of anilines is 1. The number of hydrogen-bond donors (Lipinski definition) is 0. The zero-order chi connectivity index (χ0) is 14.8. The maximum Gasteiger partial charge on any atom is 0.196 e. The standard InChI is InChI=1S/C18H16N2O/c1-20(2)18-15(17(21)13-8-4-3-5-9-13)12-14-10-6-7-11-16(14)19-18/h3-12H,1-2H3. The van der Waals surface area contributed by atoms with E-state index in [-0.39, 0.29) is 5.78 Å². The highest BCUT2D eigenvalue weighted by Gasteiger charge is 2.17. The Hall–Kier alpha value is -2.68. The first kappa shape index (κ1) is 13.3. The number of carbonyl (C=O) groups excluding carboxylic acids is 1. The van der Waals surface area contributed by atoms with Crippen molar-refractivity contribution in [3.05, 3.63) is 71.8 Å². The number of rotatable bonds is 3. The number of ketones is 1. The smallest absolute Gasteiger partial charge is 0.196 e. The van der Waals surface area contributed by atoms with Crippen molar-refractivity contribution >= 4 is 22.5 Å². The number of hydrogen-bond acceptors (Lipinski definition) is 3. The second-order valence-corrected chi connectivity index (χ2v) is 5.14. The van der Waals surface area contributed by atoms with Crippen LogP contribution in [0, 0.1) is 0 Å². The van der Waals surface area contributed by atoms with Gasteiger partial charge in [-0.25, -0.2) is 4.98 Å².